The van der Waals surface area contributed by atoms with E-state index in [0.717, 1.165) is 29.8 Å². The van der Waals surface area contributed by atoms with Crippen molar-refractivity contribution in [1.82, 2.24) is 10.4 Å². The molecule has 0 saturated carbocycles. The molecule has 0 fully saturated rings. The summed E-state index contributed by atoms with van der Waals surface area (Å²) in [6.07, 6.45) is -0.458. The molecule has 3 aromatic carbocycles. The molecule has 3 aromatic rings. The highest BCUT2D eigenvalue weighted by Gasteiger charge is 2.22. The average Bonchev–Trinajstić information content (AvgIpc) is 2.84. The summed E-state index contributed by atoms with van der Waals surface area (Å²) >= 11 is 0. The van der Waals surface area contributed by atoms with Crippen LogP contribution in [0.15, 0.2) is 84.9 Å². The molecule has 34 heavy (non-hydrogen) atoms. The van der Waals surface area contributed by atoms with Gasteiger partial charge < -0.3 is 15.1 Å². The van der Waals surface area contributed by atoms with Crippen LogP contribution in [0.4, 0.5) is 0 Å². The highest BCUT2D eigenvalue weighted by Crippen LogP contribution is 2.22. The number of hydrogen-bond acceptors (Lipinski definition) is 5. The van der Waals surface area contributed by atoms with Crippen molar-refractivity contribution in [3.63, 3.8) is 0 Å². The van der Waals surface area contributed by atoms with Gasteiger partial charge in [0.25, 0.3) is 0 Å². The molecule has 0 aliphatic heterocycles. The Labute approximate surface area is 215 Å². The van der Waals surface area contributed by atoms with Crippen molar-refractivity contribution in [3.8, 4) is 5.75 Å². The molecule has 186 valence electrons. The van der Waals surface area contributed by atoms with Gasteiger partial charge in [0.1, 0.15) is 5.75 Å². The lowest BCUT2D eigenvalue weighted by Gasteiger charge is -2.33. The monoisotopic (exact) mass is 506 g/mol. The van der Waals surface area contributed by atoms with Crippen molar-refractivity contribution in [2.24, 2.45) is 0 Å². The fourth-order valence-electron chi connectivity index (χ4n) is 3.76. The standard InChI is InChI=1S/C27H34N2O3.2ClH/c1-3-28-32-25-16-14-22(15-17-25)18-21(2)29(19-26(30)23-10-6-4-7-11-23)20-27(31)24-12-8-5-9-13-24;;/h4-17,21,26-28,30-31H,3,18-20H2,1-2H3;2*1H. The Balaban J connectivity index is 0.00000289. The third kappa shape index (κ3) is 9.26. The fraction of sp³-hybridized carbons (Fsp3) is 0.333. The second kappa shape index (κ2) is 15.7. The maximum absolute atomic E-state index is 10.9. The average molecular weight is 508 g/mol. The van der Waals surface area contributed by atoms with Crippen molar-refractivity contribution in [2.75, 3.05) is 19.6 Å². The van der Waals surface area contributed by atoms with E-state index in [4.69, 9.17) is 4.84 Å². The van der Waals surface area contributed by atoms with Gasteiger partial charge in [0.05, 0.1) is 12.2 Å². The van der Waals surface area contributed by atoms with Gasteiger partial charge in [0, 0.05) is 25.7 Å². The van der Waals surface area contributed by atoms with Crippen LogP contribution in [0.5, 0.6) is 5.75 Å². The van der Waals surface area contributed by atoms with Crippen LogP contribution in [0, 0.1) is 0 Å². The Morgan fingerprint density at radius 3 is 1.68 bits per heavy atom. The molecule has 3 N–H and O–H groups in total. The van der Waals surface area contributed by atoms with Crippen molar-refractivity contribution >= 4 is 24.8 Å². The van der Waals surface area contributed by atoms with Crippen molar-refractivity contribution < 1.29 is 15.1 Å². The Hall–Kier alpha value is -2.12. The van der Waals surface area contributed by atoms with Crippen LogP contribution in [0.25, 0.3) is 0 Å². The molecule has 0 radical (unpaired) electrons. The minimum Gasteiger partial charge on any atom is -0.409 e. The fourth-order valence-corrected chi connectivity index (χ4v) is 3.76. The van der Waals surface area contributed by atoms with E-state index in [2.05, 4.69) is 29.4 Å². The van der Waals surface area contributed by atoms with Crippen molar-refractivity contribution in [2.45, 2.75) is 38.5 Å². The van der Waals surface area contributed by atoms with Crippen LogP contribution in [0.2, 0.25) is 0 Å². The van der Waals surface area contributed by atoms with Gasteiger partial charge in [-0.15, -0.1) is 24.8 Å². The zero-order chi connectivity index (χ0) is 22.8. The Kier molecular flexibility index (Phi) is 13.8. The number of hydroxylamine groups is 1. The highest BCUT2D eigenvalue weighted by molar-refractivity contribution is 5.85. The first-order valence-corrected chi connectivity index (χ1v) is 11.3. The molecular formula is C27H36Cl2N2O3. The van der Waals surface area contributed by atoms with Crippen LogP contribution >= 0.6 is 24.8 Å². The third-order valence-electron chi connectivity index (χ3n) is 5.60. The second-order valence-corrected chi connectivity index (χ2v) is 8.10. The minimum atomic E-state index is -0.627. The molecular weight excluding hydrogens is 471 g/mol. The number of nitrogens with zero attached hydrogens (tertiary/aromatic N) is 1. The van der Waals surface area contributed by atoms with Crippen LogP contribution in [-0.4, -0.2) is 40.8 Å². The molecule has 0 aliphatic rings. The minimum absolute atomic E-state index is 0. The van der Waals surface area contributed by atoms with E-state index in [1.54, 1.807) is 0 Å². The Bertz CT molecular complexity index is 867. The van der Waals surface area contributed by atoms with Gasteiger partial charge in [-0.05, 0) is 49.1 Å². The number of hydrogen-bond donors (Lipinski definition) is 3. The molecule has 0 aromatic heterocycles. The summed E-state index contributed by atoms with van der Waals surface area (Å²) in [6.45, 7) is 5.74. The van der Waals surface area contributed by atoms with E-state index in [-0.39, 0.29) is 30.9 Å². The SMILES string of the molecule is CCNOc1ccc(CC(C)N(CC(O)c2ccccc2)CC(O)c2ccccc2)cc1.Cl.Cl. The second-order valence-electron chi connectivity index (χ2n) is 8.10. The molecule has 3 unspecified atom stereocenters. The molecule has 0 heterocycles. The van der Waals surface area contributed by atoms with Crippen LogP contribution in [-0.2, 0) is 6.42 Å². The van der Waals surface area contributed by atoms with E-state index in [0.29, 0.717) is 13.1 Å². The zero-order valence-corrected chi connectivity index (χ0v) is 21.3. The Morgan fingerprint density at radius 1 is 0.765 bits per heavy atom. The first-order valence-electron chi connectivity index (χ1n) is 11.3. The molecule has 0 aliphatic carbocycles. The summed E-state index contributed by atoms with van der Waals surface area (Å²) in [5.74, 6) is 0.777. The maximum atomic E-state index is 10.9. The van der Waals surface area contributed by atoms with E-state index in [1.807, 2.05) is 79.7 Å². The molecule has 0 bridgehead atoms. The van der Waals surface area contributed by atoms with E-state index < -0.39 is 12.2 Å². The summed E-state index contributed by atoms with van der Waals surface area (Å²) < 4.78 is 0. The van der Waals surface area contributed by atoms with Crippen LogP contribution in [0.3, 0.4) is 0 Å². The molecule has 5 nitrogen and oxygen atoms in total. The smallest absolute Gasteiger partial charge is 0.147 e. The summed E-state index contributed by atoms with van der Waals surface area (Å²) in [6, 6.07) is 27.5. The van der Waals surface area contributed by atoms with E-state index in [9.17, 15) is 10.2 Å². The number of rotatable bonds is 12. The molecule has 0 spiro atoms. The number of benzene rings is 3. The van der Waals surface area contributed by atoms with Crippen molar-refractivity contribution in [3.05, 3.63) is 102 Å². The topological polar surface area (TPSA) is 65.0 Å². The number of aliphatic hydroxyl groups is 2. The van der Waals surface area contributed by atoms with Gasteiger partial charge in [-0.2, -0.15) is 5.48 Å². The van der Waals surface area contributed by atoms with Crippen LogP contribution < -0.4 is 10.3 Å². The molecule has 3 atom stereocenters. The van der Waals surface area contributed by atoms with Crippen LogP contribution in [0.1, 0.15) is 42.7 Å². The summed E-state index contributed by atoms with van der Waals surface area (Å²) in [4.78, 5) is 7.60. The lowest BCUT2D eigenvalue weighted by Crippen LogP contribution is -2.40. The third-order valence-corrected chi connectivity index (χ3v) is 5.60. The van der Waals surface area contributed by atoms with Crippen molar-refractivity contribution in [1.29, 1.82) is 0 Å². The lowest BCUT2D eigenvalue weighted by molar-refractivity contribution is 0.0480. The zero-order valence-electron chi connectivity index (χ0n) is 19.7. The van der Waals surface area contributed by atoms with Gasteiger partial charge in [0.2, 0.25) is 0 Å². The van der Waals surface area contributed by atoms with Gasteiger partial charge in [-0.3, -0.25) is 4.90 Å². The predicted molar refractivity (Wildman–Crippen MR) is 143 cm³/mol. The van der Waals surface area contributed by atoms with E-state index >= 15 is 0 Å². The van der Waals surface area contributed by atoms with E-state index in [1.165, 1.54) is 5.56 Å². The molecule has 0 saturated heterocycles. The summed E-state index contributed by atoms with van der Waals surface area (Å²) in [5, 5.41) is 21.7. The Morgan fingerprint density at radius 2 is 1.24 bits per heavy atom. The molecule has 0 amide bonds. The first-order chi connectivity index (χ1) is 15.6. The predicted octanol–water partition coefficient (Wildman–Crippen LogP) is 5.13. The summed E-state index contributed by atoms with van der Waals surface area (Å²) in [7, 11) is 0. The maximum Gasteiger partial charge on any atom is 0.147 e. The first kappa shape index (κ1) is 29.9. The van der Waals surface area contributed by atoms with Gasteiger partial charge in [-0.1, -0.05) is 72.8 Å². The highest BCUT2D eigenvalue weighted by atomic mass is 35.5. The number of aliphatic hydroxyl groups excluding tert-OH is 2. The van der Waals surface area contributed by atoms with Gasteiger partial charge in [-0.25, -0.2) is 0 Å². The summed E-state index contributed by atoms with van der Waals surface area (Å²) in [5.41, 5.74) is 5.79. The van der Waals surface area contributed by atoms with Gasteiger partial charge in [0.15, 0.2) is 0 Å². The largest absolute Gasteiger partial charge is 0.409 e. The van der Waals surface area contributed by atoms with Gasteiger partial charge >= 0.3 is 0 Å². The lowest BCUT2D eigenvalue weighted by atomic mass is 10.0. The molecule has 3 rings (SSSR count). The number of nitrogens with one attached hydrogen (secondary N) is 1. The molecule has 7 heteroatoms. The quantitative estimate of drug-likeness (QED) is 0.297. The number of halogens is 2. The normalized spacial score (nSPS) is 13.3.